The summed E-state index contributed by atoms with van der Waals surface area (Å²) in [7, 11) is 0. The minimum atomic E-state index is 0. The Morgan fingerprint density at radius 3 is 2.82 bits per heavy atom. The molecule has 0 aromatic heterocycles. The van der Waals surface area contributed by atoms with Gasteiger partial charge in [-0.2, -0.15) is 0 Å². The van der Waals surface area contributed by atoms with Crippen LogP contribution in [-0.4, -0.2) is 30.9 Å². The average molecular weight is 324 g/mol. The maximum absolute atomic E-state index is 12.2. The van der Waals surface area contributed by atoms with Crippen molar-refractivity contribution >= 4 is 35.6 Å². The molecule has 1 aromatic carbocycles. The Balaban J connectivity index is 0.00000176. The van der Waals surface area contributed by atoms with Crippen molar-refractivity contribution in [3.63, 3.8) is 0 Å². The van der Waals surface area contributed by atoms with E-state index in [-0.39, 0.29) is 30.3 Å². The van der Waals surface area contributed by atoms with E-state index in [1.54, 1.807) is 4.90 Å². The first kappa shape index (κ1) is 16.8. The van der Waals surface area contributed by atoms with Gasteiger partial charge < -0.3 is 15.5 Å². The third kappa shape index (κ3) is 3.78. The maximum Gasteiger partial charge on any atom is 0.227 e. The van der Waals surface area contributed by atoms with E-state index in [2.05, 4.69) is 10.6 Å². The smallest absolute Gasteiger partial charge is 0.227 e. The molecule has 1 atom stereocenters. The molecule has 0 bridgehead atoms. The van der Waals surface area contributed by atoms with Crippen molar-refractivity contribution in [3.8, 4) is 0 Å². The first-order chi connectivity index (χ1) is 10.2. The van der Waals surface area contributed by atoms with Crippen LogP contribution < -0.4 is 15.5 Å². The molecule has 120 valence electrons. The number of halogens is 1. The Hall–Kier alpha value is -1.59. The van der Waals surface area contributed by atoms with E-state index in [0.29, 0.717) is 12.8 Å². The Bertz CT molecular complexity index is 544. The molecule has 2 amide bonds. The molecule has 0 saturated carbocycles. The highest BCUT2D eigenvalue weighted by molar-refractivity contribution is 6.02. The van der Waals surface area contributed by atoms with Crippen LogP contribution in [-0.2, 0) is 9.59 Å². The summed E-state index contributed by atoms with van der Waals surface area (Å²) < 4.78 is 0. The number of hydrogen-bond acceptors (Lipinski definition) is 3. The standard InChI is InChI=1S/C16H21N3O2.ClH/c20-15(11-12-5-3-9-17-12)18-13-6-1-2-7-14(13)19-10-4-8-16(19)21;/h1-2,6-7,12,17H,3-5,8-11H2,(H,18,20);1H. The molecule has 0 aliphatic carbocycles. The van der Waals surface area contributed by atoms with Crippen LogP contribution in [0.25, 0.3) is 0 Å². The number of rotatable bonds is 4. The van der Waals surface area contributed by atoms with Crippen LogP contribution in [0.15, 0.2) is 24.3 Å². The Morgan fingerprint density at radius 1 is 1.32 bits per heavy atom. The summed E-state index contributed by atoms with van der Waals surface area (Å²) in [4.78, 5) is 25.8. The van der Waals surface area contributed by atoms with E-state index in [0.717, 1.165) is 43.7 Å². The van der Waals surface area contributed by atoms with Crippen LogP contribution in [0.2, 0.25) is 0 Å². The van der Waals surface area contributed by atoms with Gasteiger partial charge in [-0.25, -0.2) is 0 Å². The van der Waals surface area contributed by atoms with Crippen molar-refractivity contribution in [2.75, 3.05) is 23.3 Å². The highest BCUT2D eigenvalue weighted by atomic mass is 35.5. The molecule has 2 saturated heterocycles. The SMILES string of the molecule is Cl.O=C(CC1CCCN1)Nc1ccccc1N1CCCC1=O. The number of nitrogens with zero attached hydrogens (tertiary/aromatic N) is 1. The molecule has 0 spiro atoms. The van der Waals surface area contributed by atoms with Gasteiger partial charge in [0.2, 0.25) is 11.8 Å². The van der Waals surface area contributed by atoms with Crippen LogP contribution in [0.3, 0.4) is 0 Å². The van der Waals surface area contributed by atoms with Gasteiger partial charge in [-0.05, 0) is 37.9 Å². The van der Waals surface area contributed by atoms with E-state index in [4.69, 9.17) is 0 Å². The quantitative estimate of drug-likeness (QED) is 0.894. The predicted molar refractivity (Wildman–Crippen MR) is 89.5 cm³/mol. The minimum absolute atomic E-state index is 0. The van der Waals surface area contributed by atoms with Crippen LogP contribution in [0.5, 0.6) is 0 Å². The molecule has 22 heavy (non-hydrogen) atoms. The number of carbonyl (C=O) groups is 2. The molecule has 2 fully saturated rings. The lowest BCUT2D eigenvalue weighted by molar-refractivity contribution is -0.117. The third-order valence-corrected chi connectivity index (χ3v) is 4.14. The molecule has 6 heteroatoms. The molecule has 2 heterocycles. The number of benzene rings is 1. The molecular weight excluding hydrogens is 302 g/mol. The second-order valence-electron chi connectivity index (χ2n) is 5.71. The highest BCUT2D eigenvalue weighted by Gasteiger charge is 2.24. The Kier molecular flexibility index (Phi) is 5.80. The summed E-state index contributed by atoms with van der Waals surface area (Å²) in [6.07, 6.45) is 4.15. The van der Waals surface area contributed by atoms with Crippen molar-refractivity contribution in [2.45, 2.75) is 38.1 Å². The molecular formula is C16H22ClN3O2. The summed E-state index contributed by atoms with van der Waals surface area (Å²) >= 11 is 0. The van der Waals surface area contributed by atoms with Gasteiger partial charge in [0.05, 0.1) is 11.4 Å². The van der Waals surface area contributed by atoms with E-state index in [9.17, 15) is 9.59 Å². The number of para-hydroxylation sites is 2. The molecule has 2 aliphatic rings. The number of hydrogen-bond donors (Lipinski definition) is 2. The van der Waals surface area contributed by atoms with Gasteiger partial charge in [0.1, 0.15) is 0 Å². The van der Waals surface area contributed by atoms with Gasteiger partial charge in [-0.15, -0.1) is 12.4 Å². The summed E-state index contributed by atoms with van der Waals surface area (Å²) in [6.45, 7) is 1.73. The summed E-state index contributed by atoms with van der Waals surface area (Å²) in [5, 5.41) is 6.29. The normalized spacial score (nSPS) is 20.8. The molecule has 2 N–H and O–H groups in total. The zero-order valence-corrected chi connectivity index (χ0v) is 13.3. The van der Waals surface area contributed by atoms with Crippen molar-refractivity contribution in [3.05, 3.63) is 24.3 Å². The van der Waals surface area contributed by atoms with Gasteiger partial charge in [-0.1, -0.05) is 12.1 Å². The van der Waals surface area contributed by atoms with Crippen molar-refractivity contribution in [1.29, 1.82) is 0 Å². The fourth-order valence-electron chi connectivity index (χ4n) is 3.07. The lowest BCUT2D eigenvalue weighted by Crippen LogP contribution is -2.29. The zero-order valence-electron chi connectivity index (χ0n) is 12.5. The molecule has 1 aromatic rings. The van der Waals surface area contributed by atoms with Crippen LogP contribution in [0.4, 0.5) is 11.4 Å². The topological polar surface area (TPSA) is 61.4 Å². The Labute approximate surface area is 136 Å². The zero-order chi connectivity index (χ0) is 14.7. The van der Waals surface area contributed by atoms with E-state index in [1.165, 1.54) is 0 Å². The number of nitrogens with one attached hydrogen (secondary N) is 2. The van der Waals surface area contributed by atoms with Crippen LogP contribution in [0.1, 0.15) is 32.1 Å². The number of amides is 2. The second kappa shape index (κ2) is 7.61. The lowest BCUT2D eigenvalue weighted by Gasteiger charge is -2.20. The number of carbonyl (C=O) groups excluding carboxylic acids is 2. The van der Waals surface area contributed by atoms with Crippen LogP contribution >= 0.6 is 12.4 Å². The largest absolute Gasteiger partial charge is 0.324 e. The van der Waals surface area contributed by atoms with Crippen LogP contribution in [0, 0.1) is 0 Å². The number of anilines is 2. The van der Waals surface area contributed by atoms with Crippen molar-refractivity contribution in [2.24, 2.45) is 0 Å². The fraction of sp³-hybridized carbons (Fsp3) is 0.500. The van der Waals surface area contributed by atoms with E-state index >= 15 is 0 Å². The van der Waals surface area contributed by atoms with Crippen molar-refractivity contribution < 1.29 is 9.59 Å². The molecule has 5 nitrogen and oxygen atoms in total. The molecule has 2 aliphatic heterocycles. The predicted octanol–water partition coefficient (Wildman–Crippen LogP) is 2.32. The van der Waals surface area contributed by atoms with Gasteiger partial charge in [-0.3, -0.25) is 9.59 Å². The third-order valence-electron chi connectivity index (χ3n) is 4.14. The first-order valence-electron chi connectivity index (χ1n) is 7.66. The average Bonchev–Trinajstić information content (AvgIpc) is 3.11. The maximum atomic E-state index is 12.2. The van der Waals surface area contributed by atoms with E-state index < -0.39 is 0 Å². The molecule has 1 unspecified atom stereocenters. The summed E-state index contributed by atoms with van der Waals surface area (Å²) in [5.41, 5.74) is 1.54. The van der Waals surface area contributed by atoms with Gasteiger partial charge in [0.15, 0.2) is 0 Å². The second-order valence-corrected chi connectivity index (χ2v) is 5.71. The highest BCUT2D eigenvalue weighted by Crippen LogP contribution is 2.29. The fourth-order valence-corrected chi connectivity index (χ4v) is 3.07. The van der Waals surface area contributed by atoms with Crippen molar-refractivity contribution in [1.82, 2.24) is 5.32 Å². The first-order valence-corrected chi connectivity index (χ1v) is 7.66. The van der Waals surface area contributed by atoms with Gasteiger partial charge in [0.25, 0.3) is 0 Å². The minimum Gasteiger partial charge on any atom is -0.324 e. The van der Waals surface area contributed by atoms with Gasteiger partial charge in [0, 0.05) is 25.4 Å². The molecule has 3 rings (SSSR count). The van der Waals surface area contributed by atoms with Gasteiger partial charge >= 0.3 is 0 Å². The Morgan fingerprint density at radius 2 is 2.14 bits per heavy atom. The monoisotopic (exact) mass is 323 g/mol. The molecule has 0 radical (unpaired) electrons. The summed E-state index contributed by atoms with van der Waals surface area (Å²) in [6, 6.07) is 7.82. The van der Waals surface area contributed by atoms with E-state index in [1.807, 2.05) is 24.3 Å². The summed E-state index contributed by atoms with van der Waals surface area (Å²) in [5.74, 6) is 0.141. The lowest BCUT2D eigenvalue weighted by atomic mass is 10.1.